The molecule has 0 saturated heterocycles. The Kier molecular flexibility index (Phi) is 13.0. The van der Waals surface area contributed by atoms with Crippen LogP contribution in [0.3, 0.4) is 0 Å². The maximum Gasteiger partial charge on any atom is 1.00 e. The molecular formula is C32H32Au2N4P2+4. The van der Waals surface area contributed by atoms with Crippen molar-refractivity contribution in [1.29, 1.82) is 0 Å². The molecule has 0 saturated carbocycles. The van der Waals surface area contributed by atoms with E-state index in [2.05, 4.69) is 155 Å². The molecule has 0 bridgehead atoms. The molecule has 4 aromatic carbocycles. The summed E-state index contributed by atoms with van der Waals surface area (Å²) in [5, 5.41) is 5.47. The molecule has 0 atom stereocenters. The van der Waals surface area contributed by atoms with Crippen LogP contribution in [0, 0.1) is 0 Å². The zero-order valence-corrected chi connectivity index (χ0v) is 28.6. The molecule has 0 radical (unpaired) electrons. The number of imidazole rings is 2. The molecule has 8 heteroatoms. The van der Waals surface area contributed by atoms with Gasteiger partial charge in [-0.2, -0.15) is 0 Å². The molecule has 6 rings (SSSR count). The van der Waals surface area contributed by atoms with Crippen LogP contribution in [0.4, 0.5) is 0 Å². The average Bonchev–Trinajstić information content (AvgIpc) is 3.60. The van der Waals surface area contributed by atoms with E-state index in [-0.39, 0.29) is 44.8 Å². The summed E-state index contributed by atoms with van der Waals surface area (Å²) < 4.78 is 4.27. The summed E-state index contributed by atoms with van der Waals surface area (Å²) in [4.78, 5) is 9.15. The van der Waals surface area contributed by atoms with E-state index in [9.17, 15) is 0 Å². The zero-order chi connectivity index (χ0) is 26.2. The van der Waals surface area contributed by atoms with Gasteiger partial charge in [0.2, 0.25) is 0 Å². The van der Waals surface area contributed by atoms with Crippen LogP contribution in [0.25, 0.3) is 0 Å². The van der Waals surface area contributed by atoms with Crippen LogP contribution in [0.1, 0.15) is 0 Å². The van der Waals surface area contributed by atoms with Crippen molar-refractivity contribution in [1.82, 2.24) is 19.1 Å². The van der Waals surface area contributed by atoms with Crippen molar-refractivity contribution in [2.45, 2.75) is 0 Å². The first kappa shape index (κ1) is 32.2. The molecule has 4 nitrogen and oxygen atoms in total. The van der Waals surface area contributed by atoms with Gasteiger partial charge in [-0.3, -0.25) is 0 Å². The van der Waals surface area contributed by atoms with E-state index in [4.69, 9.17) is 0 Å². The molecule has 2 heterocycles. The maximum absolute atomic E-state index is 4.58. The third-order valence-electron chi connectivity index (χ3n) is 6.34. The summed E-state index contributed by atoms with van der Waals surface area (Å²) in [6, 6.07) is 42.7. The summed E-state index contributed by atoms with van der Waals surface area (Å²) in [6.45, 7) is 0. The monoisotopic (exact) mass is 928 g/mol. The first-order chi connectivity index (χ1) is 18.7. The Hall–Kier alpha value is -2.36. The van der Waals surface area contributed by atoms with Crippen molar-refractivity contribution in [2.24, 2.45) is 14.1 Å². The predicted molar refractivity (Wildman–Crippen MR) is 167 cm³/mol. The second-order valence-corrected chi connectivity index (χ2v) is 13.6. The minimum absolute atomic E-state index is 0. The summed E-state index contributed by atoms with van der Waals surface area (Å²) >= 11 is 0. The Labute approximate surface area is 270 Å². The van der Waals surface area contributed by atoms with Crippen molar-refractivity contribution in [3.63, 3.8) is 0 Å². The summed E-state index contributed by atoms with van der Waals surface area (Å²) in [7, 11) is 2.11. The molecule has 0 fully saturated rings. The van der Waals surface area contributed by atoms with Crippen LogP contribution < -0.4 is 32.3 Å². The van der Waals surface area contributed by atoms with E-state index < -0.39 is 15.8 Å². The molecular weight excluding hydrogens is 896 g/mol. The molecule has 0 unspecified atom stereocenters. The number of aromatic nitrogens is 4. The van der Waals surface area contributed by atoms with E-state index in [1.54, 1.807) is 0 Å². The minimum atomic E-state index is -1.01. The second kappa shape index (κ2) is 16.2. The summed E-state index contributed by atoms with van der Waals surface area (Å²) in [5.74, 6) is 0. The maximum atomic E-state index is 4.58. The Balaban J connectivity index is 0.000000210. The molecule has 0 aliphatic carbocycles. The van der Waals surface area contributed by atoms with Crippen molar-refractivity contribution < 1.29 is 44.8 Å². The molecule has 0 amide bonds. The first-order valence-corrected chi connectivity index (χ1v) is 15.6. The molecule has 0 spiro atoms. The average molecular weight is 929 g/mol. The third kappa shape index (κ3) is 7.89. The van der Waals surface area contributed by atoms with Gasteiger partial charge in [0, 0.05) is 38.9 Å². The SMILES string of the molecule is Cn1ccnc1[PH+](c1ccccc1)c1ccccc1.Cn1ccnc1[PH+](c1ccccc1)c1ccccc1.[Au+].[Au+]. The van der Waals surface area contributed by atoms with Crippen molar-refractivity contribution in [3.05, 3.63) is 146 Å². The fourth-order valence-electron chi connectivity index (χ4n) is 4.48. The second-order valence-electron chi connectivity index (χ2n) is 8.94. The van der Waals surface area contributed by atoms with Gasteiger partial charge < -0.3 is 9.13 Å². The van der Waals surface area contributed by atoms with Crippen LogP contribution in [0.2, 0.25) is 0 Å². The molecule has 2 aromatic heterocycles. The standard InChI is InChI=1S/2C16H15N2P.2Au/c2*1-18-13-12-17-16(18)19(14-8-4-2-5-9-14)15-10-6-3-7-11-15;;/h2*2-13H,1H3;;/q;;2*+1/p+2. The van der Waals surface area contributed by atoms with E-state index in [0.717, 1.165) is 0 Å². The van der Waals surface area contributed by atoms with E-state index in [0.29, 0.717) is 0 Å². The van der Waals surface area contributed by atoms with Gasteiger partial charge in [0.15, 0.2) is 0 Å². The Bertz CT molecular complexity index is 1350. The number of aryl methyl sites for hydroxylation is 2. The van der Waals surface area contributed by atoms with Gasteiger partial charge in [0.25, 0.3) is 11.1 Å². The van der Waals surface area contributed by atoms with Crippen molar-refractivity contribution >= 4 is 48.2 Å². The van der Waals surface area contributed by atoms with E-state index in [1.165, 1.54) is 32.3 Å². The van der Waals surface area contributed by atoms with Gasteiger partial charge in [0.05, 0.1) is 0 Å². The fourth-order valence-corrected chi connectivity index (χ4v) is 9.55. The van der Waals surface area contributed by atoms with Crippen LogP contribution >= 0.6 is 15.8 Å². The van der Waals surface area contributed by atoms with Gasteiger partial charge in [0.1, 0.15) is 37.1 Å². The van der Waals surface area contributed by atoms with Gasteiger partial charge in [-0.15, -0.1) is 0 Å². The molecule has 6 aromatic rings. The smallest absolute Gasteiger partial charge is 0.305 e. The normalized spacial score (nSPS) is 10.3. The van der Waals surface area contributed by atoms with Gasteiger partial charge in [-0.25, -0.2) is 9.97 Å². The van der Waals surface area contributed by atoms with Gasteiger partial charge >= 0.3 is 44.8 Å². The Morgan fingerprint density at radius 2 is 0.675 bits per heavy atom. The van der Waals surface area contributed by atoms with Crippen molar-refractivity contribution in [2.75, 3.05) is 0 Å². The van der Waals surface area contributed by atoms with Crippen molar-refractivity contribution in [3.8, 4) is 0 Å². The van der Waals surface area contributed by atoms with Crippen LogP contribution in [-0.4, -0.2) is 19.1 Å². The molecule has 0 N–H and O–H groups in total. The van der Waals surface area contributed by atoms with E-state index in [1.807, 2.05) is 24.8 Å². The summed E-state index contributed by atoms with van der Waals surface area (Å²) in [5.41, 5.74) is 2.34. The first-order valence-electron chi connectivity index (χ1n) is 12.6. The third-order valence-corrected chi connectivity index (χ3v) is 11.8. The predicted octanol–water partition coefficient (Wildman–Crippen LogP) is 3.82. The number of hydrogen-bond donors (Lipinski definition) is 0. The fraction of sp³-hybridized carbons (Fsp3) is 0.0625. The van der Waals surface area contributed by atoms with Crippen LogP contribution in [0.15, 0.2) is 146 Å². The van der Waals surface area contributed by atoms with E-state index >= 15 is 0 Å². The largest absolute Gasteiger partial charge is 1.00 e. The number of benzene rings is 4. The minimum Gasteiger partial charge on any atom is -0.305 e. The van der Waals surface area contributed by atoms with Crippen LogP contribution in [-0.2, 0) is 58.9 Å². The molecule has 0 aliphatic rings. The number of hydrogen-bond acceptors (Lipinski definition) is 2. The van der Waals surface area contributed by atoms with Crippen LogP contribution in [0.5, 0.6) is 0 Å². The molecule has 208 valence electrons. The zero-order valence-electron chi connectivity index (χ0n) is 22.2. The topological polar surface area (TPSA) is 35.6 Å². The number of rotatable bonds is 6. The molecule has 40 heavy (non-hydrogen) atoms. The van der Waals surface area contributed by atoms with Gasteiger partial charge in [-0.1, -0.05) is 72.8 Å². The number of nitrogens with zero attached hydrogens (tertiary/aromatic N) is 4. The molecule has 0 aliphatic heterocycles. The van der Waals surface area contributed by atoms with Gasteiger partial charge in [-0.05, 0) is 48.5 Å². The summed E-state index contributed by atoms with van der Waals surface area (Å²) in [6.07, 6.45) is 7.80. The Morgan fingerprint density at radius 1 is 0.425 bits per heavy atom. The quantitative estimate of drug-likeness (QED) is 0.189. The Morgan fingerprint density at radius 3 is 0.875 bits per heavy atom.